The lowest BCUT2D eigenvalue weighted by Crippen LogP contribution is -2.19. The molecule has 13 heavy (non-hydrogen) atoms. The molecule has 0 saturated heterocycles. The van der Waals surface area contributed by atoms with E-state index in [-0.39, 0.29) is 5.91 Å². The summed E-state index contributed by atoms with van der Waals surface area (Å²) in [4.78, 5) is 11.5. The van der Waals surface area contributed by atoms with E-state index in [0.717, 1.165) is 5.56 Å². The highest BCUT2D eigenvalue weighted by Crippen LogP contribution is 2.16. The number of aryl methyl sites for hydroxylation is 1. The molecular formula is C10H14N2O. The first-order valence-corrected chi connectivity index (χ1v) is 3.94. The highest BCUT2D eigenvalue weighted by Gasteiger charge is 2.08. The summed E-state index contributed by atoms with van der Waals surface area (Å²) < 4.78 is 21.3. The molecule has 0 atom stereocenters. The van der Waals surface area contributed by atoms with Crippen LogP contribution in [0, 0.1) is 6.92 Å². The van der Waals surface area contributed by atoms with E-state index in [1.165, 1.54) is 7.05 Å². The van der Waals surface area contributed by atoms with Gasteiger partial charge in [0.25, 0.3) is 5.91 Å². The van der Waals surface area contributed by atoms with Crippen LogP contribution in [0.15, 0.2) is 18.2 Å². The second-order valence-corrected chi connectivity index (χ2v) is 2.75. The Morgan fingerprint density at radius 1 is 1.54 bits per heavy atom. The van der Waals surface area contributed by atoms with Crippen molar-refractivity contribution in [3.05, 3.63) is 29.3 Å². The Labute approximate surface area is 82.4 Å². The van der Waals surface area contributed by atoms with Gasteiger partial charge in [-0.15, -0.1) is 0 Å². The molecule has 0 radical (unpaired) electrons. The molecule has 0 unspecified atom stereocenters. The minimum absolute atomic E-state index is 0.310. The second kappa shape index (κ2) is 3.94. The molecule has 1 amide bonds. The first kappa shape index (κ1) is 6.02. The topological polar surface area (TPSA) is 41.1 Å². The van der Waals surface area contributed by atoms with Gasteiger partial charge in [-0.1, -0.05) is 11.6 Å². The van der Waals surface area contributed by atoms with E-state index in [1.807, 2.05) is 6.92 Å². The maximum Gasteiger partial charge on any atom is 0.253 e. The normalized spacial score (nSPS) is 13.8. The Morgan fingerprint density at radius 3 is 2.92 bits per heavy atom. The van der Waals surface area contributed by atoms with Gasteiger partial charge in [-0.05, 0) is 19.1 Å². The first-order chi connectivity index (χ1) is 7.33. The predicted octanol–water partition coefficient (Wildman–Crippen LogP) is 1.40. The van der Waals surface area contributed by atoms with Crippen molar-refractivity contribution in [3.8, 4) is 0 Å². The van der Waals surface area contributed by atoms with Gasteiger partial charge in [0.15, 0.2) is 0 Å². The third-order valence-electron chi connectivity index (χ3n) is 1.78. The number of hydrogen-bond donors (Lipinski definition) is 2. The molecule has 0 bridgehead atoms. The summed E-state index contributed by atoms with van der Waals surface area (Å²) in [5, 5.41) is 4.80. The molecule has 0 aromatic heterocycles. The lowest BCUT2D eigenvalue weighted by atomic mass is 10.1. The van der Waals surface area contributed by atoms with Crippen molar-refractivity contribution in [1.29, 1.82) is 0 Å². The van der Waals surface area contributed by atoms with Gasteiger partial charge in [0.1, 0.15) is 0 Å². The lowest BCUT2D eigenvalue weighted by molar-refractivity contribution is 0.0964. The molecule has 0 fully saturated rings. The van der Waals surface area contributed by atoms with Crippen molar-refractivity contribution >= 4 is 11.6 Å². The lowest BCUT2D eigenvalue weighted by Gasteiger charge is -2.08. The van der Waals surface area contributed by atoms with Crippen LogP contribution in [0.3, 0.4) is 0 Å². The molecule has 3 nitrogen and oxygen atoms in total. The Hall–Kier alpha value is -1.51. The Bertz CT molecular complexity index is 402. The summed E-state index contributed by atoms with van der Waals surface area (Å²) in [6, 6.07) is 4.99. The number of nitrogens with one attached hydrogen (secondary N) is 2. The highest BCUT2D eigenvalue weighted by molar-refractivity contribution is 5.99. The standard InChI is InChI=1S/C10H14N2O/c1-7-4-5-9(11-2)8(6-7)10(13)12-3/h4-6,11H,1-3H3,(H,12,13)/i2D3. The molecule has 0 aliphatic carbocycles. The zero-order valence-electron chi connectivity index (χ0n) is 10.6. The van der Waals surface area contributed by atoms with Gasteiger partial charge >= 0.3 is 0 Å². The molecule has 0 heterocycles. The minimum atomic E-state index is -2.31. The van der Waals surface area contributed by atoms with Gasteiger partial charge in [-0.2, -0.15) is 0 Å². The average molecular weight is 181 g/mol. The van der Waals surface area contributed by atoms with Crippen LogP contribution in [0.1, 0.15) is 20.0 Å². The number of amides is 1. The summed E-state index contributed by atoms with van der Waals surface area (Å²) in [5.41, 5.74) is 1.54. The third kappa shape index (κ3) is 1.99. The fraction of sp³-hybridized carbons (Fsp3) is 0.300. The van der Waals surface area contributed by atoms with E-state index >= 15 is 0 Å². The maximum atomic E-state index is 11.5. The largest absolute Gasteiger partial charge is 0.387 e. The predicted molar refractivity (Wildman–Crippen MR) is 54.1 cm³/mol. The van der Waals surface area contributed by atoms with Gasteiger partial charge in [0.2, 0.25) is 0 Å². The molecule has 0 spiro atoms. The van der Waals surface area contributed by atoms with Crippen molar-refractivity contribution in [3.63, 3.8) is 0 Å². The van der Waals surface area contributed by atoms with Gasteiger partial charge in [-0.3, -0.25) is 4.79 Å². The highest BCUT2D eigenvalue weighted by atomic mass is 16.1. The second-order valence-electron chi connectivity index (χ2n) is 2.75. The zero-order valence-corrected chi connectivity index (χ0v) is 7.64. The molecule has 1 aromatic rings. The fourth-order valence-corrected chi connectivity index (χ4v) is 1.09. The van der Waals surface area contributed by atoms with Gasteiger partial charge in [0.05, 0.1) is 5.56 Å². The van der Waals surface area contributed by atoms with Crippen LogP contribution in [0.4, 0.5) is 5.69 Å². The number of carbonyl (C=O) groups is 1. The molecule has 1 rings (SSSR count). The molecular weight excluding hydrogens is 164 g/mol. The summed E-state index contributed by atoms with van der Waals surface area (Å²) in [6.45, 7) is -0.469. The molecule has 3 heteroatoms. The number of anilines is 1. The third-order valence-corrected chi connectivity index (χ3v) is 1.78. The van der Waals surface area contributed by atoms with Crippen LogP contribution in [-0.4, -0.2) is 19.9 Å². The number of carbonyl (C=O) groups excluding carboxylic acids is 1. The Morgan fingerprint density at radius 2 is 2.31 bits per heavy atom. The van der Waals surface area contributed by atoms with Crippen molar-refractivity contribution in [2.75, 3.05) is 19.3 Å². The van der Waals surface area contributed by atoms with Crippen LogP contribution >= 0.6 is 0 Å². The van der Waals surface area contributed by atoms with Gasteiger partial charge < -0.3 is 10.6 Å². The summed E-state index contributed by atoms with van der Waals surface area (Å²) in [6.07, 6.45) is 0. The van der Waals surface area contributed by atoms with E-state index < -0.39 is 6.98 Å². The average Bonchev–Trinajstić information content (AvgIpc) is 2.17. The van der Waals surface area contributed by atoms with Crippen LogP contribution in [-0.2, 0) is 0 Å². The van der Waals surface area contributed by atoms with Crippen LogP contribution in [0.5, 0.6) is 0 Å². The van der Waals surface area contributed by atoms with Crippen LogP contribution < -0.4 is 10.6 Å². The van der Waals surface area contributed by atoms with Crippen LogP contribution in [0.2, 0.25) is 0 Å². The van der Waals surface area contributed by atoms with Crippen molar-refractivity contribution < 1.29 is 8.91 Å². The number of benzene rings is 1. The molecule has 2 N–H and O–H groups in total. The zero-order chi connectivity index (χ0) is 12.3. The number of rotatable bonds is 2. The summed E-state index contributed by atoms with van der Waals surface area (Å²) >= 11 is 0. The Balaban J connectivity index is 3.13. The van der Waals surface area contributed by atoms with E-state index in [2.05, 4.69) is 10.6 Å². The van der Waals surface area contributed by atoms with E-state index in [1.54, 1.807) is 18.2 Å². The molecule has 1 aromatic carbocycles. The fourth-order valence-electron chi connectivity index (χ4n) is 1.09. The Kier molecular flexibility index (Phi) is 1.82. The first-order valence-electron chi connectivity index (χ1n) is 5.44. The molecule has 0 aliphatic rings. The smallest absolute Gasteiger partial charge is 0.253 e. The SMILES string of the molecule is [2H]C([2H])([2H])Nc1ccc(C)cc1C(=O)NC. The van der Waals surface area contributed by atoms with Crippen LogP contribution in [0.25, 0.3) is 0 Å². The molecule has 0 aliphatic heterocycles. The van der Waals surface area contributed by atoms with Gasteiger partial charge in [-0.25, -0.2) is 0 Å². The summed E-state index contributed by atoms with van der Waals surface area (Å²) in [5.74, 6) is -0.310. The molecule has 0 saturated carbocycles. The minimum Gasteiger partial charge on any atom is -0.387 e. The molecule has 70 valence electrons. The number of hydrogen-bond acceptors (Lipinski definition) is 2. The quantitative estimate of drug-likeness (QED) is 0.724. The maximum absolute atomic E-state index is 11.5. The summed E-state index contributed by atoms with van der Waals surface area (Å²) in [7, 11) is 1.50. The van der Waals surface area contributed by atoms with Crippen molar-refractivity contribution in [1.82, 2.24) is 5.32 Å². The van der Waals surface area contributed by atoms with Crippen molar-refractivity contribution in [2.45, 2.75) is 6.92 Å². The van der Waals surface area contributed by atoms with E-state index in [0.29, 0.717) is 11.3 Å². The van der Waals surface area contributed by atoms with E-state index in [4.69, 9.17) is 4.11 Å². The van der Waals surface area contributed by atoms with Crippen molar-refractivity contribution in [2.24, 2.45) is 0 Å². The monoisotopic (exact) mass is 181 g/mol. The van der Waals surface area contributed by atoms with Gasteiger partial charge in [0, 0.05) is 23.8 Å². The van der Waals surface area contributed by atoms with E-state index in [9.17, 15) is 4.79 Å².